The van der Waals surface area contributed by atoms with E-state index in [2.05, 4.69) is 10.6 Å². The number of hydrogen-bond acceptors (Lipinski definition) is 5. The standard InChI is InChI=1S/C19H16F3N3O4S/c20-14-8-13(17(22)15(21)9-14)11-30(28,29)16(19(27)24-7-6-23)10-25-18(26)12-4-2-1-3-5-12/h1-5,8-9,16H,7,10-11H2,(H,24,27)(H,25,26). The van der Waals surface area contributed by atoms with E-state index in [4.69, 9.17) is 5.26 Å². The van der Waals surface area contributed by atoms with Gasteiger partial charge in [0.2, 0.25) is 5.91 Å². The zero-order valence-corrected chi connectivity index (χ0v) is 16.2. The highest BCUT2D eigenvalue weighted by Gasteiger charge is 2.34. The SMILES string of the molecule is N#CCNC(=O)C(CNC(=O)c1ccccc1)S(=O)(=O)Cc1cc(F)cc(F)c1F. The second kappa shape index (κ2) is 9.89. The minimum Gasteiger partial charge on any atom is -0.350 e. The molecule has 0 saturated carbocycles. The maximum absolute atomic E-state index is 13.9. The van der Waals surface area contributed by atoms with Gasteiger partial charge in [0, 0.05) is 23.7 Å². The van der Waals surface area contributed by atoms with Crippen LogP contribution < -0.4 is 10.6 Å². The predicted molar refractivity (Wildman–Crippen MR) is 100 cm³/mol. The van der Waals surface area contributed by atoms with Gasteiger partial charge in [-0.15, -0.1) is 0 Å². The van der Waals surface area contributed by atoms with Crippen molar-refractivity contribution in [2.45, 2.75) is 11.0 Å². The van der Waals surface area contributed by atoms with Crippen molar-refractivity contribution in [3.05, 3.63) is 71.0 Å². The fraction of sp³-hybridized carbons (Fsp3) is 0.211. The topological polar surface area (TPSA) is 116 Å². The number of nitrogens with one attached hydrogen (secondary N) is 2. The summed E-state index contributed by atoms with van der Waals surface area (Å²) in [5, 5.41) is 11.0. The minimum absolute atomic E-state index is 0.198. The summed E-state index contributed by atoms with van der Waals surface area (Å²) in [5.74, 6) is -7.33. The monoisotopic (exact) mass is 439 g/mol. The molecule has 2 rings (SSSR count). The van der Waals surface area contributed by atoms with Gasteiger partial charge in [0.25, 0.3) is 5.91 Å². The van der Waals surface area contributed by atoms with Crippen molar-refractivity contribution in [1.82, 2.24) is 10.6 Å². The Morgan fingerprint density at radius 3 is 2.37 bits per heavy atom. The molecule has 1 unspecified atom stereocenters. The molecule has 11 heteroatoms. The van der Waals surface area contributed by atoms with Crippen LogP contribution in [-0.2, 0) is 20.4 Å². The third kappa shape index (κ3) is 5.81. The van der Waals surface area contributed by atoms with Gasteiger partial charge in [0.15, 0.2) is 26.7 Å². The van der Waals surface area contributed by atoms with Crippen LogP contribution in [0.15, 0.2) is 42.5 Å². The number of halogens is 3. The summed E-state index contributed by atoms with van der Waals surface area (Å²) in [6.07, 6.45) is 0. The van der Waals surface area contributed by atoms with Gasteiger partial charge in [-0.25, -0.2) is 21.6 Å². The number of nitriles is 1. The first-order valence-corrected chi connectivity index (χ1v) is 10.2. The van der Waals surface area contributed by atoms with Crippen LogP contribution in [0.2, 0.25) is 0 Å². The fourth-order valence-electron chi connectivity index (χ4n) is 2.53. The second-order valence-corrected chi connectivity index (χ2v) is 8.29. The van der Waals surface area contributed by atoms with E-state index in [1.54, 1.807) is 24.3 Å². The van der Waals surface area contributed by atoms with Crippen molar-refractivity contribution in [1.29, 1.82) is 5.26 Å². The van der Waals surface area contributed by atoms with Crippen molar-refractivity contribution < 1.29 is 31.2 Å². The van der Waals surface area contributed by atoms with E-state index in [9.17, 15) is 31.2 Å². The second-order valence-electron chi connectivity index (χ2n) is 6.11. The first-order valence-electron chi connectivity index (χ1n) is 8.48. The maximum atomic E-state index is 13.9. The van der Waals surface area contributed by atoms with Crippen LogP contribution in [0.3, 0.4) is 0 Å². The van der Waals surface area contributed by atoms with Gasteiger partial charge in [-0.3, -0.25) is 9.59 Å². The number of hydrogen-bond donors (Lipinski definition) is 2. The van der Waals surface area contributed by atoms with Crippen molar-refractivity contribution in [3.63, 3.8) is 0 Å². The number of carbonyl (C=O) groups excluding carboxylic acids is 2. The smallest absolute Gasteiger partial charge is 0.251 e. The number of rotatable bonds is 8. The molecule has 0 radical (unpaired) electrons. The van der Waals surface area contributed by atoms with Crippen molar-refractivity contribution in [2.24, 2.45) is 0 Å². The molecule has 2 aromatic rings. The summed E-state index contributed by atoms with van der Waals surface area (Å²) in [5.41, 5.74) is -0.607. The van der Waals surface area contributed by atoms with Crippen LogP contribution in [0.5, 0.6) is 0 Å². The molecule has 2 N–H and O–H groups in total. The molecule has 0 heterocycles. The largest absolute Gasteiger partial charge is 0.350 e. The van der Waals surface area contributed by atoms with E-state index < -0.39 is 68.8 Å². The maximum Gasteiger partial charge on any atom is 0.251 e. The van der Waals surface area contributed by atoms with Crippen molar-refractivity contribution in [3.8, 4) is 6.07 Å². The number of sulfone groups is 1. The van der Waals surface area contributed by atoms with Crippen molar-refractivity contribution in [2.75, 3.05) is 13.1 Å². The van der Waals surface area contributed by atoms with Crippen LogP contribution in [0.25, 0.3) is 0 Å². The van der Waals surface area contributed by atoms with Crippen LogP contribution in [0, 0.1) is 28.8 Å². The van der Waals surface area contributed by atoms with E-state index in [-0.39, 0.29) is 11.6 Å². The molecular formula is C19H16F3N3O4S. The van der Waals surface area contributed by atoms with E-state index >= 15 is 0 Å². The van der Waals surface area contributed by atoms with Gasteiger partial charge in [-0.1, -0.05) is 18.2 Å². The molecule has 1 atom stereocenters. The molecule has 0 fully saturated rings. The Bertz CT molecular complexity index is 1090. The summed E-state index contributed by atoms with van der Waals surface area (Å²) in [7, 11) is -4.55. The molecular weight excluding hydrogens is 423 g/mol. The molecule has 0 aliphatic rings. The van der Waals surface area contributed by atoms with Gasteiger partial charge in [-0.05, 0) is 18.2 Å². The third-order valence-corrected chi connectivity index (χ3v) is 5.94. The summed E-state index contributed by atoms with van der Waals surface area (Å²) >= 11 is 0. The molecule has 0 saturated heterocycles. The lowest BCUT2D eigenvalue weighted by molar-refractivity contribution is -0.120. The van der Waals surface area contributed by atoms with E-state index in [1.807, 2.05) is 0 Å². The minimum atomic E-state index is -4.55. The van der Waals surface area contributed by atoms with E-state index in [1.165, 1.54) is 12.1 Å². The Labute approximate surface area is 170 Å². The van der Waals surface area contributed by atoms with E-state index in [0.29, 0.717) is 6.07 Å². The summed E-state index contributed by atoms with van der Waals surface area (Å²) < 4.78 is 66.1. The molecule has 0 aliphatic heterocycles. The Morgan fingerprint density at radius 1 is 1.07 bits per heavy atom. The zero-order chi connectivity index (χ0) is 22.3. The van der Waals surface area contributed by atoms with Gasteiger partial charge in [-0.2, -0.15) is 5.26 Å². The predicted octanol–water partition coefficient (Wildman–Crippen LogP) is 1.46. The molecule has 0 aromatic heterocycles. The molecule has 0 aliphatic carbocycles. The molecule has 7 nitrogen and oxygen atoms in total. The first-order chi connectivity index (χ1) is 14.2. The highest BCUT2D eigenvalue weighted by Crippen LogP contribution is 2.19. The molecule has 30 heavy (non-hydrogen) atoms. The van der Waals surface area contributed by atoms with Gasteiger partial charge in [0.1, 0.15) is 12.4 Å². The van der Waals surface area contributed by atoms with Gasteiger partial charge in [0.05, 0.1) is 11.8 Å². The average molecular weight is 439 g/mol. The normalized spacial score (nSPS) is 11.9. The quantitative estimate of drug-likeness (QED) is 0.477. The summed E-state index contributed by atoms with van der Waals surface area (Å²) in [6, 6.07) is 10.1. The number of nitrogens with zero attached hydrogens (tertiary/aromatic N) is 1. The Hall–Kier alpha value is -3.39. The number of benzene rings is 2. The van der Waals surface area contributed by atoms with E-state index in [0.717, 1.165) is 0 Å². The molecule has 2 aromatic carbocycles. The molecule has 158 valence electrons. The highest BCUT2D eigenvalue weighted by atomic mass is 32.2. The highest BCUT2D eigenvalue weighted by molar-refractivity contribution is 7.92. The first kappa shape index (κ1) is 22.9. The Balaban J connectivity index is 2.28. The van der Waals surface area contributed by atoms with Crippen LogP contribution in [0.4, 0.5) is 13.2 Å². The summed E-state index contributed by atoms with van der Waals surface area (Å²) in [6.45, 7) is -1.22. The van der Waals surface area contributed by atoms with Crippen LogP contribution in [0.1, 0.15) is 15.9 Å². The third-order valence-electron chi connectivity index (χ3n) is 3.98. The van der Waals surface area contributed by atoms with Crippen LogP contribution in [-0.4, -0.2) is 38.6 Å². The number of amides is 2. The summed E-state index contributed by atoms with van der Waals surface area (Å²) in [4.78, 5) is 24.4. The fourth-order valence-corrected chi connectivity index (χ4v) is 4.12. The van der Waals surface area contributed by atoms with Crippen molar-refractivity contribution >= 4 is 21.7 Å². The Morgan fingerprint density at radius 2 is 1.73 bits per heavy atom. The lowest BCUT2D eigenvalue weighted by Gasteiger charge is -2.18. The zero-order valence-electron chi connectivity index (χ0n) is 15.4. The van der Waals surface area contributed by atoms with Gasteiger partial charge >= 0.3 is 0 Å². The molecule has 0 spiro atoms. The lowest BCUT2D eigenvalue weighted by atomic mass is 10.2. The van der Waals surface area contributed by atoms with Gasteiger partial charge < -0.3 is 10.6 Å². The molecule has 0 bridgehead atoms. The number of carbonyl (C=O) groups is 2. The molecule has 2 amide bonds. The lowest BCUT2D eigenvalue weighted by Crippen LogP contribution is -2.47. The van der Waals surface area contributed by atoms with Crippen LogP contribution >= 0.6 is 0 Å². The average Bonchev–Trinajstić information content (AvgIpc) is 2.70. The Kier molecular flexibility index (Phi) is 7.54.